The van der Waals surface area contributed by atoms with Crippen LogP contribution in [-0.2, 0) is 11.3 Å². The van der Waals surface area contributed by atoms with Gasteiger partial charge in [-0.05, 0) is 52.6 Å². The van der Waals surface area contributed by atoms with Crippen molar-refractivity contribution in [1.82, 2.24) is 30.1 Å². The standard InChI is InChI=1S/C24H23F2N7O/c1-34-21-6-3-11-32(21)14-15-7-9-16(10-8-15)17-12-18(23(27)28-13-17)24-29-30-31-33(24)20-5-2-4-19(25)22(20)26/h2,4-5,7-10,12-13,21H,3,6,11,14H2,1H3,(H2,27,28). The van der Waals surface area contributed by atoms with Gasteiger partial charge in [-0.2, -0.15) is 4.68 Å². The van der Waals surface area contributed by atoms with Gasteiger partial charge < -0.3 is 10.5 Å². The van der Waals surface area contributed by atoms with Gasteiger partial charge in [0.25, 0.3) is 0 Å². The van der Waals surface area contributed by atoms with Crippen LogP contribution in [0, 0.1) is 11.6 Å². The van der Waals surface area contributed by atoms with Crippen molar-refractivity contribution in [1.29, 1.82) is 0 Å². The van der Waals surface area contributed by atoms with Crippen LogP contribution in [0.4, 0.5) is 14.6 Å². The molecule has 3 heterocycles. The van der Waals surface area contributed by atoms with Gasteiger partial charge in [-0.1, -0.05) is 30.3 Å². The van der Waals surface area contributed by atoms with E-state index in [2.05, 4.69) is 37.5 Å². The first kappa shape index (κ1) is 22.1. The molecule has 10 heteroatoms. The Kier molecular flexibility index (Phi) is 5.99. The number of ether oxygens (including phenoxy) is 1. The maximum Gasteiger partial charge on any atom is 0.190 e. The monoisotopic (exact) mass is 463 g/mol. The summed E-state index contributed by atoms with van der Waals surface area (Å²) < 4.78 is 34.8. The second-order valence-electron chi connectivity index (χ2n) is 8.14. The minimum absolute atomic E-state index is 0.120. The highest BCUT2D eigenvalue weighted by atomic mass is 19.2. The first-order valence-electron chi connectivity index (χ1n) is 10.9. The molecule has 4 aromatic rings. The fourth-order valence-corrected chi connectivity index (χ4v) is 4.27. The number of halogens is 2. The normalized spacial score (nSPS) is 16.3. The maximum absolute atomic E-state index is 14.4. The highest BCUT2D eigenvalue weighted by molar-refractivity contribution is 5.76. The van der Waals surface area contributed by atoms with Gasteiger partial charge in [-0.15, -0.1) is 5.10 Å². The molecule has 34 heavy (non-hydrogen) atoms. The van der Waals surface area contributed by atoms with E-state index < -0.39 is 11.6 Å². The Morgan fingerprint density at radius 2 is 1.94 bits per heavy atom. The smallest absolute Gasteiger partial charge is 0.190 e. The zero-order valence-corrected chi connectivity index (χ0v) is 18.5. The zero-order valence-electron chi connectivity index (χ0n) is 18.5. The van der Waals surface area contributed by atoms with E-state index in [0.29, 0.717) is 5.56 Å². The number of anilines is 1. The molecule has 8 nitrogen and oxygen atoms in total. The number of tetrazole rings is 1. The molecule has 1 atom stereocenters. The largest absolute Gasteiger partial charge is 0.383 e. The molecule has 0 amide bonds. The van der Waals surface area contributed by atoms with Crippen molar-refractivity contribution in [2.75, 3.05) is 19.4 Å². The van der Waals surface area contributed by atoms with E-state index in [1.807, 2.05) is 12.1 Å². The van der Waals surface area contributed by atoms with Crippen LogP contribution >= 0.6 is 0 Å². The summed E-state index contributed by atoms with van der Waals surface area (Å²) in [6.45, 7) is 1.84. The molecule has 174 valence electrons. The molecule has 1 fully saturated rings. The number of benzene rings is 2. The van der Waals surface area contributed by atoms with Gasteiger partial charge >= 0.3 is 0 Å². The van der Waals surface area contributed by atoms with Crippen LogP contribution in [0.5, 0.6) is 0 Å². The second-order valence-corrected chi connectivity index (χ2v) is 8.14. The van der Waals surface area contributed by atoms with E-state index in [0.717, 1.165) is 47.8 Å². The van der Waals surface area contributed by atoms with Crippen LogP contribution in [0.2, 0.25) is 0 Å². The van der Waals surface area contributed by atoms with E-state index >= 15 is 0 Å². The summed E-state index contributed by atoms with van der Waals surface area (Å²) in [6.07, 6.45) is 4.01. The molecule has 0 bridgehead atoms. The number of nitrogen functional groups attached to an aromatic ring is 1. The average molecular weight is 463 g/mol. The number of likely N-dealkylation sites (tertiary alicyclic amines) is 1. The molecule has 2 aromatic carbocycles. The minimum Gasteiger partial charge on any atom is -0.383 e. The first-order valence-corrected chi connectivity index (χ1v) is 10.9. The summed E-state index contributed by atoms with van der Waals surface area (Å²) >= 11 is 0. The van der Waals surface area contributed by atoms with Gasteiger partial charge in [0.05, 0.1) is 5.56 Å². The van der Waals surface area contributed by atoms with E-state index in [9.17, 15) is 8.78 Å². The van der Waals surface area contributed by atoms with Gasteiger partial charge in [0, 0.05) is 32.0 Å². The van der Waals surface area contributed by atoms with Gasteiger partial charge in [0.2, 0.25) is 0 Å². The van der Waals surface area contributed by atoms with Gasteiger partial charge in [0.1, 0.15) is 17.7 Å². The van der Waals surface area contributed by atoms with Crippen LogP contribution in [0.3, 0.4) is 0 Å². The van der Waals surface area contributed by atoms with Crippen LogP contribution in [-0.4, -0.2) is 50.0 Å². The number of rotatable bonds is 6. The number of aromatic nitrogens is 5. The Morgan fingerprint density at radius 1 is 1.12 bits per heavy atom. The topological polar surface area (TPSA) is 95.0 Å². The molecule has 1 aliphatic rings. The van der Waals surface area contributed by atoms with Crippen LogP contribution in [0.25, 0.3) is 28.2 Å². The Bertz CT molecular complexity index is 1310. The number of hydrogen-bond acceptors (Lipinski definition) is 7. The third-order valence-electron chi connectivity index (χ3n) is 6.04. The molecular formula is C24H23F2N7O. The molecule has 2 aromatic heterocycles. The van der Waals surface area contributed by atoms with Crippen LogP contribution in [0.15, 0.2) is 54.7 Å². The van der Waals surface area contributed by atoms with Crippen molar-refractivity contribution in [3.05, 3.63) is 71.9 Å². The number of pyridine rings is 1. The molecule has 0 aliphatic carbocycles. The summed E-state index contributed by atoms with van der Waals surface area (Å²) in [5, 5.41) is 11.5. The number of nitrogens with zero attached hydrogens (tertiary/aromatic N) is 6. The second kappa shape index (κ2) is 9.24. The average Bonchev–Trinajstić information content (AvgIpc) is 3.51. The Morgan fingerprint density at radius 3 is 2.74 bits per heavy atom. The van der Waals surface area contributed by atoms with Crippen molar-refractivity contribution < 1.29 is 13.5 Å². The van der Waals surface area contributed by atoms with Gasteiger partial charge in [-0.25, -0.2) is 13.8 Å². The van der Waals surface area contributed by atoms with Gasteiger partial charge in [-0.3, -0.25) is 4.90 Å². The number of methoxy groups -OCH3 is 1. The van der Waals surface area contributed by atoms with Crippen LogP contribution in [0.1, 0.15) is 18.4 Å². The summed E-state index contributed by atoms with van der Waals surface area (Å²) in [5.41, 5.74) is 9.31. The SMILES string of the molecule is COC1CCCN1Cc1ccc(-c2cnc(N)c(-c3nnnn3-c3cccc(F)c3F)c2)cc1. The third kappa shape index (κ3) is 4.13. The molecule has 1 saturated heterocycles. The fourth-order valence-electron chi connectivity index (χ4n) is 4.27. The third-order valence-corrected chi connectivity index (χ3v) is 6.04. The summed E-state index contributed by atoms with van der Waals surface area (Å²) in [4.78, 5) is 6.61. The van der Waals surface area contributed by atoms with Crippen molar-refractivity contribution >= 4 is 5.82 Å². The molecule has 0 spiro atoms. The molecule has 2 N–H and O–H groups in total. The molecule has 1 unspecified atom stereocenters. The number of hydrogen-bond donors (Lipinski definition) is 1. The molecule has 5 rings (SSSR count). The van der Waals surface area contributed by atoms with Crippen LogP contribution < -0.4 is 5.73 Å². The Labute approximate surface area is 195 Å². The van der Waals surface area contributed by atoms with E-state index in [1.54, 1.807) is 19.4 Å². The van der Waals surface area contributed by atoms with E-state index in [-0.39, 0.29) is 23.6 Å². The summed E-state index contributed by atoms with van der Waals surface area (Å²) in [6, 6.07) is 13.8. The first-order chi connectivity index (χ1) is 16.5. The maximum atomic E-state index is 14.4. The lowest BCUT2D eigenvalue weighted by atomic mass is 10.0. The number of nitrogens with two attached hydrogens (primary N) is 1. The van der Waals surface area contributed by atoms with E-state index in [1.165, 1.54) is 17.7 Å². The lowest BCUT2D eigenvalue weighted by Gasteiger charge is -2.23. The fraction of sp³-hybridized carbons (Fsp3) is 0.250. The van der Waals surface area contributed by atoms with Crippen molar-refractivity contribution in [2.24, 2.45) is 0 Å². The van der Waals surface area contributed by atoms with E-state index in [4.69, 9.17) is 10.5 Å². The lowest BCUT2D eigenvalue weighted by molar-refractivity contribution is -0.00814. The van der Waals surface area contributed by atoms with Crippen molar-refractivity contribution in [3.8, 4) is 28.2 Å². The Balaban J connectivity index is 1.45. The quantitative estimate of drug-likeness (QED) is 0.464. The molecule has 1 aliphatic heterocycles. The summed E-state index contributed by atoms with van der Waals surface area (Å²) in [7, 11) is 1.75. The lowest BCUT2D eigenvalue weighted by Crippen LogP contribution is -2.30. The van der Waals surface area contributed by atoms with Crippen molar-refractivity contribution in [3.63, 3.8) is 0 Å². The van der Waals surface area contributed by atoms with Crippen molar-refractivity contribution in [2.45, 2.75) is 25.6 Å². The molecular weight excluding hydrogens is 440 g/mol. The van der Waals surface area contributed by atoms with Gasteiger partial charge in [0.15, 0.2) is 17.5 Å². The Hall–Kier alpha value is -3.76. The highest BCUT2D eigenvalue weighted by Gasteiger charge is 2.24. The predicted molar refractivity (Wildman–Crippen MR) is 123 cm³/mol. The highest BCUT2D eigenvalue weighted by Crippen LogP contribution is 2.30. The summed E-state index contributed by atoms with van der Waals surface area (Å²) in [5.74, 6) is -1.71. The predicted octanol–water partition coefficient (Wildman–Crippen LogP) is 3.82. The minimum atomic E-state index is -1.05. The molecule has 0 radical (unpaired) electrons. The molecule has 0 saturated carbocycles. The zero-order chi connectivity index (χ0) is 23.7.